The first-order chi connectivity index (χ1) is 14.8. The van der Waals surface area contributed by atoms with Gasteiger partial charge in [-0.1, -0.05) is 29.3 Å². The van der Waals surface area contributed by atoms with Crippen molar-refractivity contribution in [2.45, 2.75) is 6.54 Å². The van der Waals surface area contributed by atoms with Gasteiger partial charge >= 0.3 is 5.97 Å². The first-order valence-corrected chi connectivity index (χ1v) is 9.75. The molecule has 4 aromatic rings. The number of nitrogens with zero attached hydrogens (tertiary/aromatic N) is 2. The number of pyridine rings is 1. The summed E-state index contributed by atoms with van der Waals surface area (Å²) in [5, 5.41) is 11.0. The minimum absolute atomic E-state index is 0.108. The van der Waals surface area contributed by atoms with E-state index in [1.54, 1.807) is 18.2 Å². The minimum atomic E-state index is -1.26. The van der Waals surface area contributed by atoms with E-state index in [4.69, 9.17) is 27.9 Å². The van der Waals surface area contributed by atoms with Crippen LogP contribution in [0.2, 0.25) is 10.0 Å². The van der Waals surface area contributed by atoms with Gasteiger partial charge in [-0.05, 0) is 30.3 Å². The number of benzene rings is 2. The third-order valence-corrected chi connectivity index (χ3v) is 5.61. The Morgan fingerprint density at radius 1 is 1.16 bits per heavy atom. The van der Waals surface area contributed by atoms with Crippen molar-refractivity contribution in [3.8, 4) is 17.0 Å². The van der Waals surface area contributed by atoms with Gasteiger partial charge in [-0.3, -0.25) is 0 Å². The summed E-state index contributed by atoms with van der Waals surface area (Å²) in [5.74, 6) is -2.57. The normalized spacial score (nSPS) is 11.1. The molecule has 0 bridgehead atoms. The number of carbonyl (C=O) groups is 1. The number of aromatic nitrogens is 2. The molecule has 0 spiro atoms. The third kappa shape index (κ3) is 3.71. The van der Waals surface area contributed by atoms with Crippen LogP contribution in [0.1, 0.15) is 16.1 Å². The fourth-order valence-corrected chi connectivity index (χ4v) is 3.89. The van der Waals surface area contributed by atoms with Crippen LogP contribution in [0, 0.1) is 11.6 Å². The van der Waals surface area contributed by atoms with Crippen molar-refractivity contribution in [1.29, 1.82) is 0 Å². The van der Waals surface area contributed by atoms with E-state index in [1.165, 1.54) is 30.0 Å². The van der Waals surface area contributed by atoms with Gasteiger partial charge in [0, 0.05) is 34.3 Å². The lowest BCUT2D eigenvalue weighted by molar-refractivity contribution is 0.0687. The Kier molecular flexibility index (Phi) is 5.56. The molecule has 0 aliphatic carbocycles. The summed E-state index contributed by atoms with van der Waals surface area (Å²) in [6, 6.07) is 9.49. The van der Waals surface area contributed by atoms with E-state index in [9.17, 15) is 18.7 Å². The molecule has 0 aliphatic rings. The summed E-state index contributed by atoms with van der Waals surface area (Å²) < 4.78 is 34.5. The average molecular weight is 463 g/mol. The Labute approximate surface area is 185 Å². The van der Waals surface area contributed by atoms with Crippen molar-refractivity contribution in [3.63, 3.8) is 0 Å². The maximum atomic E-state index is 14.4. The van der Waals surface area contributed by atoms with Crippen molar-refractivity contribution in [2.24, 2.45) is 0 Å². The van der Waals surface area contributed by atoms with Gasteiger partial charge in [0.15, 0.2) is 0 Å². The second-order valence-electron chi connectivity index (χ2n) is 6.69. The summed E-state index contributed by atoms with van der Waals surface area (Å²) >= 11 is 12.4. The van der Waals surface area contributed by atoms with E-state index in [0.717, 1.165) is 12.1 Å². The molecule has 0 aliphatic heterocycles. The van der Waals surface area contributed by atoms with Crippen LogP contribution in [0.15, 0.2) is 48.7 Å². The van der Waals surface area contributed by atoms with Crippen LogP contribution in [0.3, 0.4) is 0 Å². The Morgan fingerprint density at radius 3 is 2.58 bits per heavy atom. The third-order valence-electron chi connectivity index (χ3n) is 4.89. The van der Waals surface area contributed by atoms with Crippen LogP contribution in [0.4, 0.5) is 8.78 Å². The number of carboxylic acid groups (broad SMARTS) is 1. The number of rotatable bonds is 5. The predicted molar refractivity (Wildman–Crippen MR) is 114 cm³/mol. The standard InChI is InChI=1S/C22H14Cl2F2N2O3/c1-31-21-13(3-2-6-27-21)19-14-8-15(23)16(24)9-18(14)28(20(19)22(29)30)10-11-4-5-12(25)7-17(11)26/h2-9H,10H2,1H3,(H,29,30). The van der Waals surface area contributed by atoms with Gasteiger partial charge in [-0.2, -0.15) is 0 Å². The second-order valence-corrected chi connectivity index (χ2v) is 7.51. The number of hydrogen-bond acceptors (Lipinski definition) is 3. The average Bonchev–Trinajstić information content (AvgIpc) is 3.03. The SMILES string of the molecule is COc1ncccc1-c1c(C(=O)O)n(Cc2ccc(F)cc2F)c2cc(Cl)c(Cl)cc12. The van der Waals surface area contributed by atoms with Crippen molar-refractivity contribution in [3.05, 3.63) is 81.6 Å². The van der Waals surface area contributed by atoms with E-state index in [2.05, 4.69) is 4.98 Å². The maximum absolute atomic E-state index is 14.4. The monoisotopic (exact) mass is 462 g/mol. The quantitative estimate of drug-likeness (QED) is 0.392. The molecular weight excluding hydrogens is 449 g/mol. The molecule has 5 nitrogen and oxygen atoms in total. The van der Waals surface area contributed by atoms with Gasteiger partial charge in [-0.15, -0.1) is 0 Å². The summed E-state index contributed by atoms with van der Waals surface area (Å²) in [6.07, 6.45) is 1.51. The Balaban J connectivity index is 2.09. The molecule has 0 saturated carbocycles. The fourth-order valence-electron chi connectivity index (χ4n) is 3.57. The van der Waals surface area contributed by atoms with E-state index in [1.807, 2.05) is 0 Å². The van der Waals surface area contributed by atoms with Gasteiger partial charge in [-0.25, -0.2) is 18.6 Å². The highest BCUT2D eigenvalue weighted by Gasteiger charge is 2.27. The van der Waals surface area contributed by atoms with E-state index < -0.39 is 17.6 Å². The Bertz CT molecular complexity index is 1340. The molecule has 4 rings (SSSR count). The number of fused-ring (bicyclic) bond motifs is 1. The highest BCUT2D eigenvalue weighted by Crippen LogP contribution is 2.42. The van der Waals surface area contributed by atoms with Crippen LogP contribution in [0.25, 0.3) is 22.0 Å². The number of carboxylic acids is 1. The molecular formula is C22H14Cl2F2N2O3. The number of aromatic carboxylic acids is 1. The van der Waals surface area contributed by atoms with Crippen molar-refractivity contribution >= 4 is 40.1 Å². The lowest BCUT2D eigenvalue weighted by atomic mass is 10.0. The van der Waals surface area contributed by atoms with E-state index in [0.29, 0.717) is 22.0 Å². The molecule has 0 atom stereocenters. The largest absolute Gasteiger partial charge is 0.481 e. The number of halogens is 4. The maximum Gasteiger partial charge on any atom is 0.353 e. The fraction of sp³-hybridized carbons (Fsp3) is 0.0909. The number of methoxy groups -OCH3 is 1. The molecule has 0 saturated heterocycles. The molecule has 2 aromatic heterocycles. The van der Waals surface area contributed by atoms with Crippen LogP contribution in [-0.4, -0.2) is 27.7 Å². The van der Waals surface area contributed by atoms with Crippen LogP contribution < -0.4 is 4.74 Å². The zero-order valence-corrected chi connectivity index (χ0v) is 17.5. The number of hydrogen-bond donors (Lipinski definition) is 1. The zero-order chi connectivity index (χ0) is 22.3. The zero-order valence-electron chi connectivity index (χ0n) is 16.0. The van der Waals surface area contributed by atoms with Gasteiger partial charge in [0.05, 0.1) is 29.2 Å². The summed E-state index contributed by atoms with van der Waals surface area (Å²) in [5.41, 5.74) is 1.11. The van der Waals surface area contributed by atoms with Gasteiger partial charge in [0.2, 0.25) is 5.88 Å². The lowest BCUT2D eigenvalue weighted by Gasteiger charge is -2.11. The van der Waals surface area contributed by atoms with Gasteiger partial charge in [0.25, 0.3) is 0 Å². The highest BCUT2D eigenvalue weighted by molar-refractivity contribution is 6.43. The van der Waals surface area contributed by atoms with Gasteiger partial charge < -0.3 is 14.4 Å². The molecule has 158 valence electrons. The smallest absolute Gasteiger partial charge is 0.353 e. The molecule has 9 heteroatoms. The van der Waals surface area contributed by atoms with Crippen LogP contribution in [0.5, 0.6) is 5.88 Å². The second kappa shape index (κ2) is 8.17. The lowest BCUT2D eigenvalue weighted by Crippen LogP contribution is -2.12. The van der Waals surface area contributed by atoms with Crippen LogP contribution in [-0.2, 0) is 6.54 Å². The van der Waals surface area contributed by atoms with Crippen LogP contribution >= 0.6 is 23.2 Å². The number of ether oxygens (including phenoxy) is 1. The molecule has 0 unspecified atom stereocenters. The summed E-state index contributed by atoms with van der Waals surface area (Å²) in [6.45, 7) is -0.176. The first-order valence-electron chi connectivity index (χ1n) is 8.99. The molecule has 2 aromatic carbocycles. The predicted octanol–water partition coefficient (Wildman–Crippen LogP) is 6.04. The molecule has 0 radical (unpaired) electrons. The summed E-state index contributed by atoms with van der Waals surface area (Å²) in [7, 11) is 1.42. The molecule has 0 fully saturated rings. The highest BCUT2D eigenvalue weighted by atomic mass is 35.5. The Morgan fingerprint density at radius 2 is 1.90 bits per heavy atom. The van der Waals surface area contributed by atoms with Gasteiger partial charge in [0.1, 0.15) is 17.3 Å². The molecule has 1 N–H and O–H groups in total. The molecule has 2 heterocycles. The Hall–Kier alpha value is -3.16. The van der Waals surface area contributed by atoms with Crippen molar-refractivity contribution in [2.75, 3.05) is 7.11 Å². The van der Waals surface area contributed by atoms with Crippen molar-refractivity contribution in [1.82, 2.24) is 9.55 Å². The van der Waals surface area contributed by atoms with Crippen molar-refractivity contribution < 1.29 is 23.4 Å². The minimum Gasteiger partial charge on any atom is -0.481 e. The molecule has 31 heavy (non-hydrogen) atoms. The van der Waals surface area contributed by atoms with E-state index in [-0.39, 0.29) is 33.7 Å². The topological polar surface area (TPSA) is 64.3 Å². The summed E-state index contributed by atoms with van der Waals surface area (Å²) in [4.78, 5) is 16.5. The first kappa shape index (κ1) is 21.1. The van der Waals surface area contributed by atoms with E-state index >= 15 is 0 Å². The molecule has 0 amide bonds.